The number of carbonyl (C=O) groups is 1. The molecule has 2 aromatic carbocycles. The summed E-state index contributed by atoms with van der Waals surface area (Å²) in [5.41, 5.74) is 0.225. The van der Waals surface area contributed by atoms with Crippen LogP contribution in [-0.4, -0.2) is 146 Å². The van der Waals surface area contributed by atoms with E-state index in [9.17, 15) is 29.4 Å². The fraction of sp³-hybridized carbons (Fsp3) is 0.583. The summed E-state index contributed by atoms with van der Waals surface area (Å²) in [7, 11) is 0. The molecule has 2 rings (SSSR count). The average Bonchev–Trinajstić information content (AvgIpc) is 3.15. The lowest BCUT2D eigenvalue weighted by molar-refractivity contribution is -0.394. The molecule has 0 heterocycles. The van der Waals surface area contributed by atoms with Crippen LogP contribution in [0.3, 0.4) is 0 Å². The van der Waals surface area contributed by atoms with Gasteiger partial charge in [0.1, 0.15) is 18.2 Å². The molecule has 308 valence electrons. The van der Waals surface area contributed by atoms with Crippen molar-refractivity contribution in [1.29, 1.82) is 0 Å². The molecule has 0 bridgehead atoms. The van der Waals surface area contributed by atoms with Crippen LogP contribution in [-0.2, 0) is 53.8 Å². The number of nitrogens with zero attached hydrogens (tertiary/aromatic N) is 2. The summed E-state index contributed by atoms with van der Waals surface area (Å²) in [5, 5.41) is 30.7. The van der Waals surface area contributed by atoms with E-state index in [2.05, 4.69) is 0 Å². The van der Waals surface area contributed by atoms with E-state index in [1.807, 2.05) is 0 Å². The molecular weight excluding hydrogens is 735 g/mol. The van der Waals surface area contributed by atoms with Gasteiger partial charge in [0.15, 0.2) is 0 Å². The van der Waals surface area contributed by atoms with E-state index in [1.54, 1.807) is 0 Å². The summed E-state index contributed by atoms with van der Waals surface area (Å²) in [4.78, 5) is 31.4. The molecule has 18 nitrogen and oxygen atoms in total. The summed E-state index contributed by atoms with van der Waals surface area (Å²) in [5.74, 6) is -1.38. The Kier molecular flexibility index (Phi) is 26.5. The van der Waals surface area contributed by atoms with Crippen molar-refractivity contribution in [3.63, 3.8) is 0 Å². The summed E-state index contributed by atoms with van der Waals surface area (Å²) in [6, 6.07) is 7.59. The van der Waals surface area contributed by atoms with Crippen LogP contribution in [0.1, 0.15) is 17.5 Å². The third-order valence-corrected chi connectivity index (χ3v) is 7.00. The Hall–Kier alpha value is -4.18. The standard InChI is InChI=1S/C36H51FN2O16/c37-32-26-30(3-6-36(40)41)27-34(28-32)55-25-24-54-23-22-53-21-20-52-19-18-51-17-16-50-15-14-49-13-12-48-11-10-47-9-8-46-7-1-2-31-4-5-33(38(42)43)29-35(31)39(44)45/h3-6,26-29H,1-2,7-25H2,(H,40,41)/b6-3+. The fourth-order valence-electron chi connectivity index (χ4n) is 4.42. The Morgan fingerprint density at radius 2 is 1.04 bits per heavy atom. The highest BCUT2D eigenvalue weighted by Crippen LogP contribution is 2.25. The number of rotatable bonds is 36. The molecule has 0 atom stereocenters. The minimum absolute atomic E-state index is 0.198. The maximum atomic E-state index is 13.7. The maximum absolute atomic E-state index is 13.7. The van der Waals surface area contributed by atoms with Crippen molar-refractivity contribution in [2.45, 2.75) is 12.8 Å². The Labute approximate surface area is 318 Å². The van der Waals surface area contributed by atoms with Gasteiger partial charge in [-0.2, -0.15) is 0 Å². The first-order chi connectivity index (χ1) is 26.8. The first kappa shape index (κ1) is 47.0. The summed E-state index contributed by atoms with van der Waals surface area (Å²) in [6.45, 7) is 7.40. The number of carboxylic acids is 1. The van der Waals surface area contributed by atoms with Gasteiger partial charge >= 0.3 is 5.97 Å². The number of hydrogen-bond donors (Lipinski definition) is 1. The quantitative estimate of drug-likeness (QED) is 0.0449. The van der Waals surface area contributed by atoms with Crippen LogP contribution in [0.25, 0.3) is 6.08 Å². The minimum Gasteiger partial charge on any atom is -0.491 e. The Morgan fingerprint density at radius 1 is 0.600 bits per heavy atom. The number of benzene rings is 2. The topological polar surface area (TPSA) is 216 Å². The molecule has 0 aliphatic heterocycles. The molecule has 0 saturated heterocycles. The third-order valence-electron chi connectivity index (χ3n) is 7.00. The average molecular weight is 787 g/mol. The van der Waals surface area contributed by atoms with E-state index in [0.717, 1.165) is 12.1 Å². The number of non-ortho nitro benzene ring substituents is 1. The van der Waals surface area contributed by atoms with E-state index < -0.39 is 21.6 Å². The van der Waals surface area contributed by atoms with Crippen LogP contribution < -0.4 is 4.74 Å². The molecule has 0 saturated carbocycles. The number of aryl methyl sites for hydroxylation is 1. The zero-order valence-electron chi connectivity index (χ0n) is 30.8. The van der Waals surface area contributed by atoms with Crippen molar-refractivity contribution >= 4 is 23.4 Å². The van der Waals surface area contributed by atoms with Gasteiger partial charge < -0.3 is 52.5 Å². The number of hydrogen-bond acceptors (Lipinski definition) is 15. The number of nitro benzene ring substituents is 2. The SMILES string of the molecule is O=C(O)/C=C/c1cc(F)cc(OCCOCCOCCOCCOCCOCCOCCOCCOCCOCCCc2ccc([N+](=O)[O-])cc2[N+](=O)[O-])c1. The van der Waals surface area contributed by atoms with Crippen molar-refractivity contribution in [2.24, 2.45) is 0 Å². The number of ether oxygens (including phenoxy) is 10. The second-order valence-corrected chi connectivity index (χ2v) is 11.2. The molecule has 2 aromatic rings. The Morgan fingerprint density at radius 3 is 1.45 bits per heavy atom. The van der Waals surface area contributed by atoms with Gasteiger partial charge in [-0.25, -0.2) is 9.18 Å². The maximum Gasteiger partial charge on any atom is 0.328 e. The molecule has 0 aliphatic rings. The van der Waals surface area contributed by atoms with E-state index >= 15 is 0 Å². The van der Waals surface area contributed by atoms with Gasteiger partial charge in [-0.3, -0.25) is 20.2 Å². The molecule has 0 spiro atoms. The molecule has 0 amide bonds. The third kappa shape index (κ3) is 24.8. The molecule has 0 aromatic heterocycles. The van der Waals surface area contributed by atoms with Gasteiger partial charge in [-0.1, -0.05) is 0 Å². The highest BCUT2D eigenvalue weighted by atomic mass is 19.1. The van der Waals surface area contributed by atoms with Crippen LogP contribution in [0.5, 0.6) is 5.75 Å². The number of halogens is 1. The number of nitro groups is 2. The summed E-state index contributed by atoms with van der Waals surface area (Å²) >= 11 is 0. The van der Waals surface area contributed by atoms with Crippen LogP contribution in [0.4, 0.5) is 15.8 Å². The number of carboxylic acid groups (broad SMARTS) is 1. The lowest BCUT2D eigenvalue weighted by atomic mass is 10.1. The highest BCUT2D eigenvalue weighted by Gasteiger charge is 2.18. The fourth-order valence-corrected chi connectivity index (χ4v) is 4.42. The largest absolute Gasteiger partial charge is 0.491 e. The first-order valence-electron chi connectivity index (χ1n) is 17.7. The summed E-state index contributed by atoms with van der Waals surface area (Å²) in [6.07, 6.45) is 3.10. The lowest BCUT2D eigenvalue weighted by Gasteiger charge is -2.09. The monoisotopic (exact) mass is 786 g/mol. The molecular formula is C36H51FN2O16. The van der Waals surface area contributed by atoms with Gasteiger partial charge in [0.2, 0.25) is 0 Å². The second-order valence-electron chi connectivity index (χ2n) is 11.2. The summed E-state index contributed by atoms with van der Waals surface area (Å²) < 4.78 is 68.2. The predicted octanol–water partition coefficient (Wildman–Crippen LogP) is 3.90. The molecule has 55 heavy (non-hydrogen) atoms. The Balaban J connectivity index is 1.24. The van der Waals surface area contributed by atoms with E-state index in [4.69, 9.17) is 52.5 Å². The van der Waals surface area contributed by atoms with Gasteiger partial charge in [0, 0.05) is 30.4 Å². The zero-order chi connectivity index (χ0) is 39.8. The normalized spacial score (nSPS) is 11.4. The zero-order valence-corrected chi connectivity index (χ0v) is 30.8. The van der Waals surface area contributed by atoms with Crippen LogP contribution >= 0.6 is 0 Å². The van der Waals surface area contributed by atoms with E-state index in [0.29, 0.717) is 136 Å². The van der Waals surface area contributed by atoms with Crippen LogP contribution in [0.2, 0.25) is 0 Å². The first-order valence-corrected chi connectivity index (χ1v) is 17.7. The van der Waals surface area contributed by atoms with Crippen molar-refractivity contribution in [1.82, 2.24) is 0 Å². The van der Waals surface area contributed by atoms with E-state index in [1.165, 1.54) is 36.4 Å². The minimum atomic E-state index is -1.12. The van der Waals surface area contributed by atoms with Gasteiger partial charge in [0.25, 0.3) is 11.4 Å². The Bertz CT molecular complexity index is 1400. The molecule has 0 radical (unpaired) electrons. The van der Waals surface area contributed by atoms with Crippen molar-refractivity contribution in [3.05, 3.63) is 79.6 Å². The van der Waals surface area contributed by atoms with Crippen molar-refractivity contribution in [2.75, 3.05) is 126 Å². The van der Waals surface area contributed by atoms with Gasteiger partial charge in [-0.15, -0.1) is 0 Å². The van der Waals surface area contributed by atoms with Crippen molar-refractivity contribution in [3.8, 4) is 5.75 Å². The molecule has 0 fully saturated rings. The molecule has 19 heteroatoms. The van der Waals surface area contributed by atoms with Crippen molar-refractivity contribution < 1.29 is 71.5 Å². The molecule has 0 aliphatic carbocycles. The lowest BCUT2D eigenvalue weighted by Crippen LogP contribution is -2.15. The second kappa shape index (κ2) is 31.1. The number of aliphatic carboxylic acids is 1. The van der Waals surface area contributed by atoms with E-state index in [-0.39, 0.29) is 30.3 Å². The molecule has 1 N–H and O–H groups in total. The van der Waals surface area contributed by atoms with Gasteiger partial charge in [-0.05, 0) is 42.7 Å². The van der Waals surface area contributed by atoms with Crippen LogP contribution in [0, 0.1) is 26.0 Å². The smallest absolute Gasteiger partial charge is 0.328 e. The van der Waals surface area contributed by atoms with Gasteiger partial charge in [0.05, 0.1) is 128 Å². The predicted molar refractivity (Wildman–Crippen MR) is 194 cm³/mol. The van der Waals surface area contributed by atoms with Crippen LogP contribution in [0.15, 0.2) is 42.5 Å². The highest BCUT2D eigenvalue weighted by molar-refractivity contribution is 5.85. The molecule has 0 unspecified atom stereocenters.